The van der Waals surface area contributed by atoms with Crippen LogP contribution < -0.4 is 5.32 Å². The Balaban J connectivity index is 1.67. The Kier molecular flexibility index (Phi) is 4.27. The van der Waals surface area contributed by atoms with E-state index in [4.69, 9.17) is 0 Å². The molecular formula is C17H14BrFN2. The molecule has 0 bridgehead atoms. The highest BCUT2D eigenvalue weighted by Gasteiger charge is 2.03. The van der Waals surface area contributed by atoms with Crippen LogP contribution in [0, 0.1) is 5.82 Å². The SMILES string of the molecule is Fc1ccc(Br)cc1CNCc1ccc2ccccc2n1. The zero-order valence-corrected chi connectivity index (χ0v) is 12.9. The molecule has 2 aromatic carbocycles. The number of hydrogen-bond donors (Lipinski definition) is 1. The second-order valence-electron chi connectivity index (χ2n) is 4.83. The van der Waals surface area contributed by atoms with Crippen molar-refractivity contribution in [2.75, 3.05) is 0 Å². The van der Waals surface area contributed by atoms with Crippen molar-refractivity contribution in [1.29, 1.82) is 0 Å². The van der Waals surface area contributed by atoms with Crippen molar-refractivity contribution in [3.63, 3.8) is 0 Å². The van der Waals surface area contributed by atoms with Crippen molar-refractivity contribution >= 4 is 26.8 Å². The molecule has 0 aliphatic carbocycles. The van der Waals surface area contributed by atoms with E-state index in [-0.39, 0.29) is 5.82 Å². The van der Waals surface area contributed by atoms with Crippen LogP contribution in [-0.2, 0) is 13.1 Å². The van der Waals surface area contributed by atoms with Gasteiger partial charge in [0.1, 0.15) is 5.82 Å². The van der Waals surface area contributed by atoms with E-state index >= 15 is 0 Å². The van der Waals surface area contributed by atoms with Crippen LogP contribution in [0.2, 0.25) is 0 Å². The van der Waals surface area contributed by atoms with Gasteiger partial charge in [-0.1, -0.05) is 40.2 Å². The van der Waals surface area contributed by atoms with Crippen LogP contribution in [-0.4, -0.2) is 4.98 Å². The van der Waals surface area contributed by atoms with Crippen LogP contribution in [0.5, 0.6) is 0 Å². The predicted molar refractivity (Wildman–Crippen MR) is 86.4 cm³/mol. The molecule has 3 rings (SSSR count). The Morgan fingerprint density at radius 3 is 2.76 bits per heavy atom. The first kappa shape index (κ1) is 14.2. The first-order valence-electron chi connectivity index (χ1n) is 6.72. The molecule has 0 atom stereocenters. The Bertz CT molecular complexity index is 774. The molecule has 21 heavy (non-hydrogen) atoms. The van der Waals surface area contributed by atoms with E-state index in [1.165, 1.54) is 6.07 Å². The molecule has 0 spiro atoms. The number of para-hydroxylation sites is 1. The van der Waals surface area contributed by atoms with Gasteiger partial charge in [0.05, 0.1) is 11.2 Å². The minimum absolute atomic E-state index is 0.197. The molecule has 0 amide bonds. The standard InChI is InChI=1S/C17H14BrFN2/c18-14-6-8-16(19)13(9-14)10-20-11-15-7-5-12-3-1-2-4-17(12)21-15/h1-9,20H,10-11H2. The minimum Gasteiger partial charge on any atom is -0.307 e. The second-order valence-corrected chi connectivity index (χ2v) is 5.75. The highest BCUT2D eigenvalue weighted by Crippen LogP contribution is 2.16. The second kappa shape index (κ2) is 6.33. The molecule has 106 valence electrons. The van der Waals surface area contributed by atoms with E-state index in [0.29, 0.717) is 18.7 Å². The van der Waals surface area contributed by atoms with Gasteiger partial charge >= 0.3 is 0 Å². The quantitative estimate of drug-likeness (QED) is 0.757. The number of fused-ring (bicyclic) bond motifs is 1. The molecule has 0 saturated carbocycles. The van der Waals surface area contributed by atoms with Gasteiger partial charge in [-0.15, -0.1) is 0 Å². The van der Waals surface area contributed by atoms with Gasteiger partial charge in [0.15, 0.2) is 0 Å². The maximum atomic E-state index is 13.6. The number of aromatic nitrogens is 1. The zero-order chi connectivity index (χ0) is 14.7. The number of nitrogens with zero attached hydrogens (tertiary/aromatic N) is 1. The van der Waals surface area contributed by atoms with Gasteiger partial charge < -0.3 is 5.32 Å². The summed E-state index contributed by atoms with van der Waals surface area (Å²) in [5.41, 5.74) is 2.57. The maximum absolute atomic E-state index is 13.6. The summed E-state index contributed by atoms with van der Waals surface area (Å²) in [5, 5.41) is 4.35. The molecule has 0 aliphatic rings. The van der Waals surface area contributed by atoms with Gasteiger partial charge in [0, 0.05) is 28.5 Å². The van der Waals surface area contributed by atoms with Crippen LogP contribution >= 0.6 is 15.9 Å². The molecule has 0 unspecified atom stereocenters. The lowest BCUT2D eigenvalue weighted by Gasteiger charge is -2.07. The summed E-state index contributed by atoms with van der Waals surface area (Å²) in [6.07, 6.45) is 0. The number of hydrogen-bond acceptors (Lipinski definition) is 2. The average molecular weight is 345 g/mol. The smallest absolute Gasteiger partial charge is 0.127 e. The number of benzene rings is 2. The van der Waals surface area contributed by atoms with E-state index in [2.05, 4.69) is 32.3 Å². The van der Waals surface area contributed by atoms with Crippen LogP contribution in [0.1, 0.15) is 11.3 Å². The van der Waals surface area contributed by atoms with Crippen molar-refractivity contribution < 1.29 is 4.39 Å². The fraction of sp³-hybridized carbons (Fsp3) is 0.118. The molecule has 0 fully saturated rings. The first-order chi connectivity index (χ1) is 10.2. The molecule has 3 aromatic rings. The number of nitrogens with one attached hydrogen (secondary N) is 1. The fourth-order valence-corrected chi connectivity index (χ4v) is 2.62. The number of pyridine rings is 1. The van der Waals surface area contributed by atoms with Gasteiger partial charge in [-0.3, -0.25) is 4.98 Å². The fourth-order valence-electron chi connectivity index (χ4n) is 2.21. The largest absolute Gasteiger partial charge is 0.307 e. The van der Waals surface area contributed by atoms with Crippen molar-refractivity contribution in [3.8, 4) is 0 Å². The summed E-state index contributed by atoms with van der Waals surface area (Å²) in [4.78, 5) is 4.58. The van der Waals surface area contributed by atoms with Crippen molar-refractivity contribution in [1.82, 2.24) is 10.3 Å². The summed E-state index contributed by atoms with van der Waals surface area (Å²) in [7, 11) is 0. The molecular weight excluding hydrogens is 331 g/mol. The van der Waals surface area contributed by atoms with E-state index in [1.807, 2.05) is 30.3 Å². The van der Waals surface area contributed by atoms with Gasteiger partial charge in [0.2, 0.25) is 0 Å². The van der Waals surface area contributed by atoms with Crippen LogP contribution in [0.3, 0.4) is 0 Å². The Morgan fingerprint density at radius 1 is 1.00 bits per heavy atom. The molecule has 0 saturated heterocycles. The molecule has 2 nitrogen and oxygen atoms in total. The van der Waals surface area contributed by atoms with Crippen LogP contribution in [0.4, 0.5) is 4.39 Å². The number of halogens is 2. The van der Waals surface area contributed by atoms with Crippen molar-refractivity contribution in [2.24, 2.45) is 0 Å². The summed E-state index contributed by atoms with van der Waals surface area (Å²) in [6, 6.07) is 17.0. The third-order valence-electron chi connectivity index (χ3n) is 3.29. The normalized spacial score (nSPS) is 11.0. The lowest BCUT2D eigenvalue weighted by atomic mass is 10.2. The summed E-state index contributed by atoms with van der Waals surface area (Å²) in [6.45, 7) is 1.08. The molecule has 1 heterocycles. The molecule has 4 heteroatoms. The van der Waals surface area contributed by atoms with Gasteiger partial charge in [-0.25, -0.2) is 4.39 Å². The molecule has 0 aliphatic heterocycles. The van der Waals surface area contributed by atoms with E-state index < -0.39 is 0 Å². The first-order valence-corrected chi connectivity index (χ1v) is 7.51. The molecule has 1 aromatic heterocycles. The highest BCUT2D eigenvalue weighted by atomic mass is 79.9. The third-order valence-corrected chi connectivity index (χ3v) is 3.78. The van der Waals surface area contributed by atoms with Crippen molar-refractivity contribution in [2.45, 2.75) is 13.1 Å². The lowest BCUT2D eigenvalue weighted by molar-refractivity contribution is 0.585. The summed E-state index contributed by atoms with van der Waals surface area (Å²) in [5.74, 6) is -0.197. The maximum Gasteiger partial charge on any atom is 0.127 e. The summed E-state index contributed by atoms with van der Waals surface area (Å²) < 4.78 is 14.5. The Hall–Kier alpha value is -1.78. The monoisotopic (exact) mass is 344 g/mol. The Labute approximate surface area is 131 Å². The van der Waals surface area contributed by atoms with Crippen molar-refractivity contribution in [3.05, 3.63) is 76.1 Å². The highest BCUT2D eigenvalue weighted by molar-refractivity contribution is 9.10. The Morgan fingerprint density at radius 2 is 1.86 bits per heavy atom. The van der Waals surface area contributed by atoms with E-state index in [1.54, 1.807) is 12.1 Å². The molecule has 0 radical (unpaired) electrons. The van der Waals surface area contributed by atoms with E-state index in [9.17, 15) is 4.39 Å². The van der Waals surface area contributed by atoms with Gasteiger partial charge in [0.25, 0.3) is 0 Å². The molecule has 1 N–H and O–H groups in total. The lowest BCUT2D eigenvalue weighted by Crippen LogP contribution is -2.14. The van der Waals surface area contributed by atoms with Gasteiger partial charge in [-0.05, 0) is 30.3 Å². The zero-order valence-electron chi connectivity index (χ0n) is 11.3. The predicted octanol–water partition coefficient (Wildman–Crippen LogP) is 4.43. The minimum atomic E-state index is -0.197. The van der Waals surface area contributed by atoms with Gasteiger partial charge in [-0.2, -0.15) is 0 Å². The van der Waals surface area contributed by atoms with E-state index in [0.717, 1.165) is 21.1 Å². The topological polar surface area (TPSA) is 24.9 Å². The third kappa shape index (κ3) is 3.46. The van der Waals surface area contributed by atoms with Crippen LogP contribution in [0.15, 0.2) is 59.1 Å². The van der Waals surface area contributed by atoms with Crippen LogP contribution in [0.25, 0.3) is 10.9 Å². The summed E-state index contributed by atoms with van der Waals surface area (Å²) >= 11 is 3.35. The number of rotatable bonds is 4. The average Bonchev–Trinajstić information content (AvgIpc) is 2.50.